The Balaban J connectivity index is 0.000000511. The molecule has 0 saturated carbocycles. The summed E-state index contributed by atoms with van der Waals surface area (Å²) in [5.74, 6) is -1.13. The maximum atomic E-state index is 10.3. The normalized spacial score (nSPS) is 10.2. The van der Waals surface area contributed by atoms with Crippen molar-refractivity contribution in [2.24, 2.45) is 5.73 Å². The SMILES string of the molecule is N[C@H](Cc1ccc(O)cc1)C(=O)[O-].O.O=[N+]([O-])[O-].[Pd+2].c1cnc2c(c1)ccc1cccnc12. The van der Waals surface area contributed by atoms with Gasteiger partial charge in [0.15, 0.2) is 0 Å². The minimum Gasteiger partial charge on any atom is -0.548 e. The molecule has 0 bridgehead atoms. The van der Waals surface area contributed by atoms with Crippen LogP contribution < -0.4 is 10.8 Å². The minimum atomic E-state index is -1.75. The molecule has 4 aromatic rings. The molecule has 2 aromatic heterocycles. The second-order valence-electron chi connectivity index (χ2n) is 6.24. The quantitative estimate of drug-likeness (QED) is 0.160. The van der Waals surface area contributed by atoms with Crippen molar-refractivity contribution in [1.82, 2.24) is 9.97 Å². The number of aromatic nitrogens is 2. The van der Waals surface area contributed by atoms with E-state index in [4.69, 9.17) is 26.2 Å². The molecule has 11 nitrogen and oxygen atoms in total. The van der Waals surface area contributed by atoms with E-state index < -0.39 is 17.1 Å². The van der Waals surface area contributed by atoms with Crippen molar-refractivity contribution in [3.63, 3.8) is 0 Å². The van der Waals surface area contributed by atoms with Gasteiger partial charge in [-0.25, -0.2) is 0 Å². The number of carboxylic acid groups (broad SMARTS) is 1. The van der Waals surface area contributed by atoms with Gasteiger partial charge in [-0.2, -0.15) is 0 Å². The van der Waals surface area contributed by atoms with Crippen molar-refractivity contribution < 1.29 is 46.0 Å². The Hall–Kier alpha value is -3.69. The Bertz CT molecular complexity index is 1120. The number of aliphatic carboxylic acids is 1. The third-order valence-electron chi connectivity index (χ3n) is 4.04. The zero-order valence-electron chi connectivity index (χ0n) is 16.9. The third-order valence-corrected chi connectivity index (χ3v) is 4.04. The zero-order valence-corrected chi connectivity index (χ0v) is 18.5. The topological polar surface area (TPSA) is 210 Å². The van der Waals surface area contributed by atoms with E-state index in [9.17, 15) is 9.90 Å². The van der Waals surface area contributed by atoms with Gasteiger partial charge < -0.3 is 41.5 Å². The zero-order chi connectivity index (χ0) is 22.8. The van der Waals surface area contributed by atoms with Gasteiger partial charge in [0.1, 0.15) is 5.75 Å². The molecule has 0 aliphatic rings. The van der Waals surface area contributed by atoms with Crippen molar-refractivity contribution >= 4 is 27.8 Å². The van der Waals surface area contributed by atoms with Crippen LogP contribution in [-0.2, 0) is 31.6 Å². The molecule has 0 fully saturated rings. The molecule has 5 N–H and O–H groups in total. The van der Waals surface area contributed by atoms with Gasteiger partial charge in [-0.15, -0.1) is 0 Å². The first-order chi connectivity index (χ1) is 14.8. The summed E-state index contributed by atoms with van der Waals surface area (Å²) < 4.78 is 0. The van der Waals surface area contributed by atoms with Gasteiger partial charge in [0.25, 0.3) is 0 Å². The van der Waals surface area contributed by atoms with Crippen LogP contribution in [0.5, 0.6) is 5.75 Å². The van der Waals surface area contributed by atoms with Crippen molar-refractivity contribution in [2.75, 3.05) is 0 Å². The molecule has 0 unspecified atom stereocenters. The standard InChI is InChI=1S/C12H8N2.C9H11NO3.NO3.H2O.Pd/c1-3-9-5-6-10-4-2-8-14-12(10)11(9)13-7-1;10-8(9(12)13)5-6-1-3-7(11)4-2-6;2-1(3)4;;/h1-8H;1-4,8,11H,5,10H2,(H,12,13);;1H2;/q;;-1;;+2/p-1/t;8-;;;/m.1.../s1. The Labute approximate surface area is 201 Å². The van der Waals surface area contributed by atoms with Crippen LogP contribution in [0, 0.1) is 15.3 Å². The van der Waals surface area contributed by atoms with E-state index in [1.165, 1.54) is 12.1 Å². The fraction of sp³-hybridized carbons (Fsp3) is 0.0952. The Morgan fingerprint density at radius 2 is 1.36 bits per heavy atom. The van der Waals surface area contributed by atoms with Gasteiger partial charge in [-0.05, 0) is 36.2 Å². The van der Waals surface area contributed by atoms with Gasteiger partial charge >= 0.3 is 20.4 Å². The van der Waals surface area contributed by atoms with Crippen LogP contribution in [0.3, 0.4) is 0 Å². The van der Waals surface area contributed by atoms with Crippen LogP contribution in [-0.4, -0.2) is 37.6 Å². The van der Waals surface area contributed by atoms with Crippen LogP contribution in [0.1, 0.15) is 5.56 Å². The largest absolute Gasteiger partial charge is 2.00 e. The van der Waals surface area contributed by atoms with Crippen LogP contribution in [0.2, 0.25) is 0 Å². The van der Waals surface area contributed by atoms with Gasteiger partial charge in [0, 0.05) is 29.2 Å². The monoisotopic (exact) mass is 546 g/mol. The van der Waals surface area contributed by atoms with Crippen molar-refractivity contribution in [3.8, 4) is 5.75 Å². The first kappa shape index (κ1) is 29.3. The fourth-order valence-electron chi connectivity index (χ4n) is 2.65. The summed E-state index contributed by atoms with van der Waals surface area (Å²) in [5.41, 5.74) is 7.98. The number of fused-ring (bicyclic) bond motifs is 3. The summed E-state index contributed by atoms with van der Waals surface area (Å²) in [6.07, 6.45) is 3.81. The second kappa shape index (κ2) is 14.4. The van der Waals surface area contributed by atoms with Crippen LogP contribution in [0.25, 0.3) is 21.8 Å². The van der Waals surface area contributed by atoms with Crippen LogP contribution >= 0.6 is 0 Å². The molecule has 12 heteroatoms. The molecule has 33 heavy (non-hydrogen) atoms. The Kier molecular flexibility index (Phi) is 12.8. The Morgan fingerprint density at radius 1 is 0.939 bits per heavy atom. The summed E-state index contributed by atoms with van der Waals surface area (Å²) >= 11 is 0. The Morgan fingerprint density at radius 3 is 1.76 bits per heavy atom. The second-order valence-corrected chi connectivity index (χ2v) is 6.24. The number of hydrogen-bond acceptors (Lipinski definition) is 9. The van der Waals surface area contributed by atoms with Crippen LogP contribution in [0.15, 0.2) is 73.1 Å². The molecule has 0 aliphatic heterocycles. The van der Waals surface area contributed by atoms with Gasteiger partial charge in [-0.3, -0.25) is 9.97 Å². The van der Waals surface area contributed by atoms with E-state index in [-0.39, 0.29) is 38.1 Å². The maximum Gasteiger partial charge on any atom is 2.00 e. The number of benzene rings is 2. The number of hydrogen-bond donors (Lipinski definition) is 2. The predicted octanol–water partition coefficient (Wildman–Crippen LogP) is 0.729. The van der Waals surface area contributed by atoms with Crippen molar-refractivity contribution in [2.45, 2.75) is 12.5 Å². The van der Waals surface area contributed by atoms with Gasteiger partial charge in [0.2, 0.25) is 0 Å². The van der Waals surface area contributed by atoms with E-state index >= 15 is 0 Å². The number of phenolic OH excluding ortho intramolecular Hbond substituents is 1. The maximum absolute atomic E-state index is 10.3. The third kappa shape index (κ3) is 9.55. The van der Waals surface area contributed by atoms with Gasteiger partial charge in [0.05, 0.1) is 22.1 Å². The molecule has 0 saturated heterocycles. The number of carboxylic acids is 1. The van der Waals surface area contributed by atoms with Gasteiger partial charge in [-0.1, -0.05) is 36.4 Å². The number of carbonyl (C=O) groups excluding carboxylic acids is 1. The molecule has 4 rings (SSSR count). The molecule has 0 spiro atoms. The van der Waals surface area contributed by atoms with E-state index in [0.717, 1.165) is 27.4 Å². The predicted molar refractivity (Wildman–Crippen MR) is 116 cm³/mol. The minimum absolute atomic E-state index is 0. The number of carbonyl (C=O) groups is 1. The van der Waals surface area contributed by atoms with Crippen molar-refractivity contribution in [1.29, 1.82) is 0 Å². The summed E-state index contributed by atoms with van der Waals surface area (Å²) in [4.78, 5) is 27.2. The summed E-state index contributed by atoms with van der Waals surface area (Å²) in [5, 5.41) is 36.3. The molecule has 1 atom stereocenters. The molecule has 0 radical (unpaired) electrons. The number of rotatable bonds is 3. The van der Waals surface area contributed by atoms with E-state index in [1.807, 2.05) is 12.1 Å². The van der Waals surface area contributed by atoms with E-state index in [1.54, 1.807) is 24.5 Å². The molecule has 2 heterocycles. The molecule has 0 aliphatic carbocycles. The number of phenols is 1. The van der Waals surface area contributed by atoms with Crippen molar-refractivity contribution in [3.05, 3.63) is 93.9 Å². The van der Waals surface area contributed by atoms with Crippen LogP contribution in [0.4, 0.5) is 0 Å². The average Bonchev–Trinajstić information content (AvgIpc) is 2.75. The number of nitrogens with zero attached hydrogens (tertiary/aromatic N) is 3. The molecular weight excluding hydrogens is 527 g/mol. The molecular formula is C21H20N4O7Pd. The molecule has 176 valence electrons. The fourth-order valence-corrected chi connectivity index (χ4v) is 2.65. The molecule has 2 aromatic carbocycles. The first-order valence-electron chi connectivity index (χ1n) is 8.92. The smallest absolute Gasteiger partial charge is 0.548 e. The summed E-state index contributed by atoms with van der Waals surface area (Å²) in [6, 6.07) is 17.4. The first-order valence-corrected chi connectivity index (χ1v) is 8.92. The number of aromatic hydroxyl groups is 1. The van der Waals surface area contributed by atoms with E-state index in [0.29, 0.717) is 0 Å². The molecule has 0 amide bonds. The number of nitrogens with two attached hydrogens (primary N) is 1. The summed E-state index contributed by atoms with van der Waals surface area (Å²) in [7, 11) is 0. The summed E-state index contributed by atoms with van der Waals surface area (Å²) in [6.45, 7) is 0. The average molecular weight is 547 g/mol. The number of pyridine rings is 2. The van der Waals surface area contributed by atoms with E-state index in [2.05, 4.69) is 34.2 Å².